The van der Waals surface area contributed by atoms with Crippen molar-refractivity contribution < 1.29 is 4.39 Å². The Morgan fingerprint density at radius 2 is 2.12 bits per heavy atom. The molecule has 0 bridgehead atoms. The van der Waals surface area contributed by atoms with E-state index in [1.165, 1.54) is 6.07 Å². The minimum absolute atomic E-state index is 0.169. The Labute approximate surface area is 105 Å². The van der Waals surface area contributed by atoms with Crippen LogP contribution in [0.3, 0.4) is 0 Å². The summed E-state index contributed by atoms with van der Waals surface area (Å²) in [5.41, 5.74) is 6.25. The number of hydrogen-bond acceptors (Lipinski definition) is 2. The van der Waals surface area contributed by atoms with Gasteiger partial charge in [0.25, 0.3) is 0 Å². The molecule has 0 aliphatic carbocycles. The van der Waals surface area contributed by atoms with Crippen LogP contribution in [-0.4, -0.2) is 24.0 Å². The van der Waals surface area contributed by atoms with Gasteiger partial charge in [0.15, 0.2) is 0 Å². The van der Waals surface area contributed by atoms with E-state index >= 15 is 0 Å². The Bertz CT molecular complexity index is 342. The fraction of sp³-hybridized carbons (Fsp3) is 0.500. The summed E-state index contributed by atoms with van der Waals surface area (Å²) in [6.07, 6.45) is 0. The van der Waals surface area contributed by atoms with Crippen LogP contribution < -0.4 is 5.73 Å². The minimum atomic E-state index is -0.169. The maximum absolute atomic E-state index is 13.6. The molecule has 0 fully saturated rings. The first-order chi connectivity index (χ1) is 7.54. The standard InChI is InChI=1S/C12H18BrFN2/c1-9(2)16(6-5-15)8-10-3-4-11(13)7-12(10)14/h3-4,7,9H,5-6,8,15H2,1-2H3. The molecule has 16 heavy (non-hydrogen) atoms. The average molecular weight is 289 g/mol. The summed E-state index contributed by atoms with van der Waals surface area (Å²) in [6, 6.07) is 5.53. The maximum Gasteiger partial charge on any atom is 0.128 e. The molecule has 0 atom stereocenters. The zero-order valence-corrected chi connectivity index (χ0v) is 11.3. The molecule has 0 aromatic heterocycles. The molecule has 0 saturated carbocycles. The van der Waals surface area contributed by atoms with E-state index in [1.54, 1.807) is 0 Å². The van der Waals surface area contributed by atoms with E-state index in [0.717, 1.165) is 11.0 Å². The highest BCUT2D eigenvalue weighted by Gasteiger charge is 2.11. The van der Waals surface area contributed by atoms with Crippen LogP contribution in [0.1, 0.15) is 19.4 Å². The number of hydrogen-bond donors (Lipinski definition) is 1. The predicted molar refractivity (Wildman–Crippen MR) is 68.7 cm³/mol. The Balaban J connectivity index is 2.77. The molecule has 1 aromatic carbocycles. The highest BCUT2D eigenvalue weighted by Crippen LogP contribution is 2.17. The smallest absolute Gasteiger partial charge is 0.128 e. The molecular weight excluding hydrogens is 271 g/mol. The van der Waals surface area contributed by atoms with E-state index in [2.05, 4.69) is 34.7 Å². The van der Waals surface area contributed by atoms with Gasteiger partial charge in [0.2, 0.25) is 0 Å². The topological polar surface area (TPSA) is 29.3 Å². The number of benzene rings is 1. The van der Waals surface area contributed by atoms with Gasteiger partial charge < -0.3 is 5.73 Å². The lowest BCUT2D eigenvalue weighted by molar-refractivity contribution is 0.216. The SMILES string of the molecule is CC(C)N(CCN)Cc1ccc(Br)cc1F. The van der Waals surface area contributed by atoms with Crippen LogP contribution in [0.25, 0.3) is 0 Å². The third-order valence-electron chi connectivity index (χ3n) is 2.54. The number of rotatable bonds is 5. The summed E-state index contributed by atoms with van der Waals surface area (Å²) in [4.78, 5) is 2.16. The van der Waals surface area contributed by atoms with Crippen LogP contribution in [0.2, 0.25) is 0 Å². The number of nitrogens with zero attached hydrogens (tertiary/aromatic N) is 1. The van der Waals surface area contributed by atoms with E-state index < -0.39 is 0 Å². The quantitative estimate of drug-likeness (QED) is 0.903. The normalized spacial score (nSPS) is 11.4. The van der Waals surface area contributed by atoms with Gasteiger partial charge in [-0.3, -0.25) is 4.90 Å². The van der Waals surface area contributed by atoms with Gasteiger partial charge in [0.05, 0.1) is 0 Å². The largest absolute Gasteiger partial charge is 0.329 e. The summed E-state index contributed by atoms with van der Waals surface area (Å²) in [6.45, 7) is 6.16. The number of nitrogens with two attached hydrogens (primary N) is 1. The summed E-state index contributed by atoms with van der Waals surface area (Å²) in [5, 5.41) is 0. The Hall–Kier alpha value is -0.450. The molecule has 90 valence electrons. The van der Waals surface area contributed by atoms with Crippen molar-refractivity contribution in [1.82, 2.24) is 4.90 Å². The monoisotopic (exact) mass is 288 g/mol. The Morgan fingerprint density at radius 1 is 1.44 bits per heavy atom. The van der Waals surface area contributed by atoms with Gasteiger partial charge in [-0.25, -0.2) is 4.39 Å². The first-order valence-electron chi connectivity index (χ1n) is 5.42. The molecule has 0 unspecified atom stereocenters. The first kappa shape index (κ1) is 13.6. The van der Waals surface area contributed by atoms with Gasteiger partial charge in [0, 0.05) is 35.7 Å². The van der Waals surface area contributed by atoms with Crippen molar-refractivity contribution in [2.75, 3.05) is 13.1 Å². The third kappa shape index (κ3) is 3.85. The molecule has 0 radical (unpaired) electrons. The minimum Gasteiger partial charge on any atom is -0.329 e. The molecule has 0 aliphatic rings. The second kappa shape index (κ2) is 6.33. The van der Waals surface area contributed by atoms with Gasteiger partial charge in [-0.1, -0.05) is 22.0 Å². The fourth-order valence-electron chi connectivity index (χ4n) is 1.55. The lowest BCUT2D eigenvalue weighted by Crippen LogP contribution is -2.35. The maximum atomic E-state index is 13.6. The summed E-state index contributed by atoms with van der Waals surface area (Å²) >= 11 is 3.25. The van der Waals surface area contributed by atoms with Gasteiger partial charge in [0.1, 0.15) is 5.82 Å². The number of halogens is 2. The zero-order valence-electron chi connectivity index (χ0n) is 9.71. The fourth-order valence-corrected chi connectivity index (χ4v) is 1.89. The highest BCUT2D eigenvalue weighted by molar-refractivity contribution is 9.10. The molecule has 2 nitrogen and oxygen atoms in total. The van der Waals surface area contributed by atoms with Crippen molar-refractivity contribution in [2.45, 2.75) is 26.4 Å². The van der Waals surface area contributed by atoms with E-state index in [1.807, 2.05) is 12.1 Å². The van der Waals surface area contributed by atoms with Crippen LogP contribution in [0.5, 0.6) is 0 Å². The molecule has 0 saturated heterocycles. The molecule has 0 heterocycles. The van der Waals surface area contributed by atoms with Crippen molar-refractivity contribution >= 4 is 15.9 Å². The van der Waals surface area contributed by atoms with E-state index in [4.69, 9.17) is 5.73 Å². The van der Waals surface area contributed by atoms with Crippen LogP contribution >= 0.6 is 15.9 Å². The van der Waals surface area contributed by atoms with Gasteiger partial charge >= 0.3 is 0 Å². The van der Waals surface area contributed by atoms with Crippen LogP contribution in [0.15, 0.2) is 22.7 Å². The Kier molecular flexibility index (Phi) is 5.38. The van der Waals surface area contributed by atoms with E-state index in [9.17, 15) is 4.39 Å². The molecule has 2 N–H and O–H groups in total. The van der Waals surface area contributed by atoms with Crippen molar-refractivity contribution in [1.29, 1.82) is 0 Å². The van der Waals surface area contributed by atoms with Gasteiger partial charge in [-0.05, 0) is 26.0 Å². The molecule has 4 heteroatoms. The second-order valence-electron chi connectivity index (χ2n) is 4.09. The Morgan fingerprint density at radius 3 is 2.62 bits per heavy atom. The van der Waals surface area contributed by atoms with Gasteiger partial charge in [-0.15, -0.1) is 0 Å². The summed E-state index contributed by atoms with van der Waals surface area (Å²) < 4.78 is 14.4. The molecule has 0 amide bonds. The lowest BCUT2D eigenvalue weighted by atomic mass is 10.1. The molecular formula is C12H18BrFN2. The second-order valence-corrected chi connectivity index (χ2v) is 5.00. The average Bonchev–Trinajstić information content (AvgIpc) is 2.20. The highest BCUT2D eigenvalue weighted by atomic mass is 79.9. The van der Waals surface area contributed by atoms with E-state index in [-0.39, 0.29) is 5.82 Å². The summed E-state index contributed by atoms with van der Waals surface area (Å²) in [5.74, 6) is -0.169. The predicted octanol–water partition coefficient (Wildman–Crippen LogP) is 2.76. The van der Waals surface area contributed by atoms with Crippen LogP contribution in [-0.2, 0) is 6.54 Å². The van der Waals surface area contributed by atoms with Crippen LogP contribution in [0, 0.1) is 5.82 Å². The first-order valence-corrected chi connectivity index (χ1v) is 6.22. The van der Waals surface area contributed by atoms with E-state index in [0.29, 0.717) is 24.7 Å². The van der Waals surface area contributed by atoms with Crippen molar-refractivity contribution in [3.05, 3.63) is 34.1 Å². The lowest BCUT2D eigenvalue weighted by Gasteiger charge is -2.26. The molecule has 0 aliphatic heterocycles. The zero-order chi connectivity index (χ0) is 12.1. The molecule has 1 rings (SSSR count). The third-order valence-corrected chi connectivity index (χ3v) is 3.03. The van der Waals surface area contributed by atoms with Crippen LogP contribution in [0.4, 0.5) is 4.39 Å². The van der Waals surface area contributed by atoms with Crippen molar-refractivity contribution in [3.8, 4) is 0 Å². The summed E-state index contributed by atoms with van der Waals surface area (Å²) in [7, 11) is 0. The van der Waals surface area contributed by atoms with Crippen molar-refractivity contribution in [2.24, 2.45) is 5.73 Å². The molecule has 1 aromatic rings. The van der Waals surface area contributed by atoms with Gasteiger partial charge in [-0.2, -0.15) is 0 Å². The molecule has 0 spiro atoms. The van der Waals surface area contributed by atoms with Crippen molar-refractivity contribution in [3.63, 3.8) is 0 Å².